The van der Waals surface area contributed by atoms with E-state index in [1.165, 1.54) is 0 Å². The summed E-state index contributed by atoms with van der Waals surface area (Å²) in [6, 6.07) is 13.7. The van der Waals surface area contributed by atoms with Gasteiger partial charge < -0.3 is 15.6 Å². The van der Waals surface area contributed by atoms with Gasteiger partial charge in [0.2, 0.25) is 0 Å². The van der Waals surface area contributed by atoms with Crippen LogP contribution in [0.3, 0.4) is 0 Å². The molecule has 0 aliphatic carbocycles. The van der Waals surface area contributed by atoms with Crippen molar-refractivity contribution in [1.82, 2.24) is 0 Å². The molecule has 0 spiro atoms. The van der Waals surface area contributed by atoms with Gasteiger partial charge in [-0.25, -0.2) is 0 Å². The molecule has 3 nitrogen and oxygen atoms in total. The number of hydrogen-bond donors (Lipinski definition) is 2. The highest BCUT2D eigenvalue weighted by molar-refractivity contribution is 5.43. The number of phenolic OH excluding ortho intramolecular Hbond substituents is 1. The molecule has 0 saturated carbocycles. The maximum atomic E-state index is 9.24. The predicted octanol–water partition coefficient (Wildman–Crippen LogP) is 2.77. The number of nitrogen functional groups attached to an aromatic ring is 1. The summed E-state index contributed by atoms with van der Waals surface area (Å²) in [6.07, 6.45) is 0. The summed E-state index contributed by atoms with van der Waals surface area (Å²) >= 11 is 0. The van der Waals surface area contributed by atoms with Crippen LogP contribution in [0.5, 0.6) is 17.2 Å². The lowest BCUT2D eigenvalue weighted by Crippen LogP contribution is -1.86. The average Bonchev–Trinajstić information content (AvgIpc) is 2.22. The van der Waals surface area contributed by atoms with Gasteiger partial charge in [-0.1, -0.05) is 6.07 Å². The smallest absolute Gasteiger partial charge is 0.131 e. The van der Waals surface area contributed by atoms with Crippen molar-refractivity contribution >= 4 is 5.69 Å². The van der Waals surface area contributed by atoms with Gasteiger partial charge in [-0.2, -0.15) is 0 Å². The second-order valence-electron chi connectivity index (χ2n) is 3.17. The van der Waals surface area contributed by atoms with Crippen LogP contribution in [0.15, 0.2) is 48.5 Å². The maximum absolute atomic E-state index is 9.24. The molecule has 0 aromatic heterocycles. The average molecular weight is 201 g/mol. The van der Waals surface area contributed by atoms with Crippen molar-refractivity contribution in [2.75, 3.05) is 5.73 Å². The predicted molar refractivity (Wildman–Crippen MR) is 59.0 cm³/mol. The third kappa shape index (κ3) is 2.40. The Morgan fingerprint density at radius 2 is 1.67 bits per heavy atom. The summed E-state index contributed by atoms with van der Waals surface area (Å²) in [4.78, 5) is 0. The fourth-order valence-electron chi connectivity index (χ4n) is 1.22. The molecule has 2 aromatic rings. The van der Waals surface area contributed by atoms with Crippen LogP contribution in [-0.2, 0) is 0 Å². The molecule has 0 saturated heterocycles. The highest BCUT2D eigenvalue weighted by Crippen LogP contribution is 2.24. The monoisotopic (exact) mass is 201 g/mol. The first kappa shape index (κ1) is 9.40. The van der Waals surface area contributed by atoms with Crippen molar-refractivity contribution in [2.45, 2.75) is 0 Å². The molecule has 2 rings (SSSR count). The molecule has 15 heavy (non-hydrogen) atoms. The van der Waals surface area contributed by atoms with E-state index in [1.807, 2.05) is 0 Å². The number of aromatic hydroxyl groups is 1. The molecule has 0 atom stereocenters. The van der Waals surface area contributed by atoms with Crippen LogP contribution in [0.1, 0.15) is 0 Å². The van der Waals surface area contributed by atoms with Crippen molar-refractivity contribution in [1.29, 1.82) is 0 Å². The van der Waals surface area contributed by atoms with Gasteiger partial charge in [-0.05, 0) is 36.4 Å². The van der Waals surface area contributed by atoms with Crippen LogP contribution in [-0.4, -0.2) is 5.11 Å². The number of rotatable bonds is 2. The van der Waals surface area contributed by atoms with E-state index in [0.29, 0.717) is 17.2 Å². The van der Waals surface area contributed by atoms with Gasteiger partial charge in [0.1, 0.15) is 17.2 Å². The van der Waals surface area contributed by atoms with Crippen molar-refractivity contribution in [2.24, 2.45) is 0 Å². The molecule has 0 unspecified atom stereocenters. The van der Waals surface area contributed by atoms with Gasteiger partial charge in [-0.3, -0.25) is 0 Å². The Bertz CT molecular complexity index is 451. The van der Waals surface area contributed by atoms with Crippen molar-refractivity contribution in [3.8, 4) is 17.2 Å². The lowest BCUT2D eigenvalue weighted by molar-refractivity contribution is 0.455. The molecule has 76 valence electrons. The molecule has 3 heteroatoms. The minimum atomic E-state index is 0.183. The molecule has 0 aliphatic heterocycles. The second-order valence-corrected chi connectivity index (χ2v) is 3.17. The van der Waals surface area contributed by atoms with Crippen LogP contribution < -0.4 is 10.5 Å². The van der Waals surface area contributed by atoms with Gasteiger partial charge >= 0.3 is 0 Å². The third-order valence-electron chi connectivity index (χ3n) is 1.93. The Kier molecular flexibility index (Phi) is 2.46. The Hall–Kier alpha value is -2.16. The zero-order valence-electron chi connectivity index (χ0n) is 8.05. The number of benzene rings is 2. The van der Waals surface area contributed by atoms with Gasteiger partial charge in [-0.15, -0.1) is 0 Å². The Morgan fingerprint density at radius 1 is 0.933 bits per heavy atom. The highest BCUT2D eigenvalue weighted by Gasteiger charge is 1.97. The molecule has 0 heterocycles. The molecular formula is C12H11NO2. The molecule has 0 radical (unpaired) electrons. The van der Waals surface area contributed by atoms with Crippen molar-refractivity contribution < 1.29 is 9.84 Å². The second kappa shape index (κ2) is 3.92. The zero-order valence-corrected chi connectivity index (χ0v) is 8.05. The normalized spacial score (nSPS) is 9.87. The van der Waals surface area contributed by atoms with E-state index in [9.17, 15) is 5.11 Å². The van der Waals surface area contributed by atoms with E-state index >= 15 is 0 Å². The molecule has 0 amide bonds. The van der Waals surface area contributed by atoms with Crippen LogP contribution in [0.4, 0.5) is 5.69 Å². The molecular weight excluding hydrogens is 190 g/mol. The van der Waals surface area contributed by atoms with E-state index in [2.05, 4.69) is 0 Å². The SMILES string of the molecule is Nc1ccc(Oc2cccc(O)c2)cc1. The lowest BCUT2D eigenvalue weighted by atomic mass is 10.3. The van der Waals surface area contributed by atoms with Crippen molar-refractivity contribution in [3.05, 3.63) is 48.5 Å². The summed E-state index contributed by atoms with van der Waals surface area (Å²) in [7, 11) is 0. The summed E-state index contributed by atoms with van der Waals surface area (Å²) < 4.78 is 5.50. The van der Waals surface area contributed by atoms with Crippen LogP contribution in [0, 0.1) is 0 Å². The third-order valence-corrected chi connectivity index (χ3v) is 1.93. The van der Waals surface area contributed by atoms with Crippen molar-refractivity contribution in [3.63, 3.8) is 0 Å². The zero-order chi connectivity index (χ0) is 10.7. The van der Waals surface area contributed by atoms with E-state index in [1.54, 1.807) is 48.5 Å². The quantitative estimate of drug-likeness (QED) is 0.734. The number of anilines is 1. The Morgan fingerprint density at radius 3 is 2.33 bits per heavy atom. The summed E-state index contributed by atoms with van der Waals surface area (Å²) in [5.41, 5.74) is 6.24. The molecule has 0 bridgehead atoms. The standard InChI is InChI=1S/C12H11NO2/c13-9-4-6-11(7-5-9)15-12-3-1-2-10(14)8-12/h1-8,14H,13H2. The minimum absolute atomic E-state index is 0.183. The Balaban J connectivity index is 2.18. The fraction of sp³-hybridized carbons (Fsp3) is 0. The van der Waals surface area contributed by atoms with Gasteiger partial charge in [0, 0.05) is 11.8 Å². The number of phenols is 1. The summed E-state index contributed by atoms with van der Waals surface area (Å²) in [6.45, 7) is 0. The molecule has 2 aromatic carbocycles. The summed E-state index contributed by atoms with van der Waals surface area (Å²) in [5, 5.41) is 9.24. The van der Waals surface area contributed by atoms with Gasteiger partial charge in [0.15, 0.2) is 0 Å². The Labute approximate surface area is 87.7 Å². The van der Waals surface area contributed by atoms with Gasteiger partial charge in [0.25, 0.3) is 0 Å². The largest absolute Gasteiger partial charge is 0.508 e. The van der Waals surface area contributed by atoms with Gasteiger partial charge in [0.05, 0.1) is 0 Å². The maximum Gasteiger partial charge on any atom is 0.131 e. The molecule has 0 aliphatic rings. The first-order valence-electron chi connectivity index (χ1n) is 4.56. The highest BCUT2D eigenvalue weighted by atomic mass is 16.5. The van der Waals surface area contributed by atoms with Crippen LogP contribution >= 0.6 is 0 Å². The number of nitrogens with two attached hydrogens (primary N) is 1. The van der Waals surface area contributed by atoms with Crippen LogP contribution in [0.25, 0.3) is 0 Å². The van der Waals surface area contributed by atoms with E-state index in [4.69, 9.17) is 10.5 Å². The van der Waals surface area contributed by atoms with E-state index < -0.39 is 0 Å². The number of hydrogen-bond acceptors (Lipinski definition) is 3. The lowest BCUT2D eigenvalue weighted by Gasteiger charge is -2.05. The van der Waals surface area contributed by atoms with E-state index in [0.717, 1.165) is 0 Å². The topological polar surface area (TPSA) is 55.5 Å². The first-order valence-corrected chi connectivity index (χ1v) is 4.56. The summed E-state index contributed by atoms with van der Waals surface area (Å²) in [5.74, 6) is 1.47. The molecule has 3 N–H and O–H groups in total. The fourth-order valence-corrected chi connectivity index (χ4v) is 1.22. The first-order chi connectivity index (χ1) is 7.24. The minimum Gasteiger partial charge on any atom is -0.508 e. The van der Waals surface area contributed by atoms with Crippen LogP contribution in [0.2, 0.25) is 0 Å². The number of ether oxygens (including phenoxy) is 1. The molecule has 0 fully saturated rings. The van der Waals surface area contributed by atoms with E-state index in [-0.39, 0.29) is 5.75 Å².